The zero-order chi connectivity index (χ0) is 12.4. The summed E-state index contributed by atoms with van der Waals surface area (Å²) in [5.41, 5.74) is 0.124. The topological polar surface area (TPSA) is 38.7 Å². The molecule has 3 unspecified atom stereocenters. The second kappa shape index (κ2) is 5.48. The molecule has 0 aromatic heterocycles. The molecular weight excluding hydrogens is 228 g/mol. The molecule has 104 valence electrons. The average Bonchev–Trinajstić information content (AvgIpc) is 2.87. The van der Waals surface area contributed by atoms with Crippen LogP contribution >= 0.6 is 0 Å². The summed E-state index contributed by atoms with van der Waals surface area (Å²) in [6.07, 6.45) is 9.18. The molecule has 0 amide bonds. The van der Waals surface area contributed by atoms with Gasteiger partial charge in [-0.05, 0) is 44.4 Å². The highest BCUT2D eigenvalue weighted by atomic mass is 16.5. The molecule has 3 heteroatoms. The van der Waals surface area contributed by atoms with Crippen LogP contribution in [0, 0.1) is 11.8 Å². The first kappa shape index (κ1) is 12.9. The first-order chi connectivity index (χ1) is 8.79. The van der Waals surface area contributed by atoms with Gasteiger partial charge in [0, 0.05) is 19.1 Å². The minimum Gasteiger partial charge on any atom is -0.392 e. The third-order valence-corrected chi connectivity index (χ3v) is 5.21. The maximum absolute atomic E-state index is 10.6. The van der Waals surface area contributed by atoms with Crippen LogP contribution in [0.15, 0.2) is 0 Å². The van der Waals surface area contributed by atoms with Gasteiger partial charge in [0.2, 0.25) is 0 Å². The van der Waals surface area contributed by atoms with Crippen molar-refractivity contribution in [3.8, 4) is 0 Å². The monoisotopic (exact) mass is 254 g/mol. The number of aliphatic hydroxyl groups excluding tert-OH is 1. The van der Waals surface area contributed by atoms with Crippen LogP contribution in [-0.4, -0.2) is 36.6 Å². The largest absolute Gasteiger partial charge is 0.392 e. The molecule has 1 N–H and O–H groups in total. The van der Waals surface area contributed by atoms with E-state index < -0.39 is 0 Å². The first-order valence-electron chi connectivity index (χ1n) is 7.69. The van der Waals surface area contributed by atoms with Crippen molar-refractivity contribution < 1.29 is 14.6 Å². The smallest absolute Gasteiger partial charge is 0.0686 e. The lowest BCUT2D eigenvalue weighted by Crippen LogP contribution is -2.44. The fourth-order valence-electron chi connectivity index (χ4n) is 4.14. The molecule has 1 spiro atoms. The summed E-state index contributed by atoms with van der Waals surface area (Å²) in [4.78, 5) is 0. The van der Waals surface area contributed by atoms with Gasteiger partial charge >= 0.3 is 0 Å². The van der Waals surface area contributed by atoms with Crippen LogP contribution in [0.3, 0.4) is 0 Å². The maximum atomic E-state index is 10.6. The van der Waals surface area contributed by atoms with Gasteiger partial charge in [-0.25, -0.2) is 0 Å². The fraction of sp³-hybridized carbons (Fsp3) is 1.00. The van der Waals surface area contributed by atoms with Crippen LogP contribution < -0.4 is 0 Å². The van der Waals surface area contributed by atoms with Crippen molar-refractivity contribution in [3.05, 3.63) is 0 Å². The average molecular weight is 254 g/mol. The summed E-state index contributed by atoms with van der Waals surface area (Å²) in [7, 11) is 0. The van der Waals surface area contributed by atoms with E-state index in [0.717, 1.165) is 45.5 Å². The molecule has 18 heavy (non-hydrogen) atoms. The van der Waals surface area contributed by atoms with Crippen LogP contribution in [0.1, 0.15) is 51.4 Å². The van der Waals surface area contributed by atoms with Gasteiger partial charge in [-0.2, -0.15) is 0 Å². The number of rotatable bonds is 2. The number of aliphatic hydroxyl groups is 1. The number of ether oxygens (including phenoxy) is 2. The Hall–Kier alpha value is -0.120. The summed E-state index contributed by atoms with van der Waals surface area (Å²) in [6.45, 7) is 2.47. The van der Waals surface area contributed by atoms with Crippen molar-refractivity contribution >= 4 is 0 Å². The van der Waals surface area contributed by atoms with Crippen molar-refractivity contribution in [1.29, 1.82) is 0 Å². The van der Waals surface area contributed by atoms with Crippen LogP contribution in [0.5, 0.6) is 0 Å². The van der Waals surface area contributed by atoms with E-state index in [-0.39, 0.29) is 11.7 Å². The van der Waals surface area contributed by atoms with Gasteiger partial charge in [0.05, 0.1) is 18.3 Å². The minimum atomic E-state index is -0.174. The van der Waals surface area contributed by atoms with Crippen molar-refractivity contribution in [2.75, 3.05) is 19.8 Å². The van der Waals surface area contributed by atoms with Gasteiger partial charge in [-0.15, -0.1) is 0 Å². The molecular formula is C15H26O3. The Morgan fingerprint density at radius 2 is 1.83 bits per heavy atom. The highest BCUT2D eigenvalue weighted by Crippen LogP contribution is 2.44. The zero-order valence-electron chi connectivity index (χ0n) is 11.3. The minimum absolute atomic E-state index is 0.124. The number of hydrogen-bond acceptors (Lipinski definition) is 3. The van der Waals surface area contributed by atoms with Gasteiger partial charge in [0.1, 0.15) is 0 Å². The molecule has 0 aromatic carbocycles. The van der Waals surface area contributed by atoms with E-state index in [0.29, 0.717) is 11.8 Å². The Bertz CT molecular complexity index is 267. The van der Waals surface area contributed by atoms with Crippen molar-refractivity contribution in [1.82, 2.24) is 0 Å². The van der Waals surface area contributed by atoms with Gasteiger partial charge in [-0.3, -0.25) is 0 Å². The summed E-state index contributed by atoms with van der Waals surface area (Å²) in [5, 5.41) is 10.6. The Kier molecular flexibility index (Phi) is 3.92. The second-order valence-corrected chi connectivity index (χ2v) is 6.46. The fourth-order valence-corrected chi connectivity index (χ4v) is 4.14. The van der Waals surface area contributed by atoms with E-state index in [1.54, 1.807) is 0 Å². The van der Waals surface area contributed by atoms with Gasteiger partial charge in [0.15, 0.2) is 0 Å². The first-order valence-corrected chi connectivity index (χ1v) is 7.69. The summed E-state index contributed by atoms with van der Waals surface area (Å²) in [5.74, 6) is 0.795. The lowest BCUT2D eigenvalue weighted by atomic mass is 9.77. The lowest BCUT2D eigenvalue weighted by Gasteiger charge is -2.42. The molecule has 3 aliphatic rings. The molecule has 3 fully saturated rings. The standard InChI is InChI=1S/C15H26O3/c16-14(13-4-3-8-17-11-13)12-5-9-18-15(10-12)6-1-2-7-15/h12-14,16H,1-11H2. The Balaban J connectivity index is 1.60. The third-order valence-electron chi connectivity index (χ3n) is 5.21. The molecule has 0 aromatic rings. The molecule has 2 saturated heterocycles. The second-order valence-electron chi connectivity index (χ2n) is 6.46. The van der Waals surface area contributed by atoms with Crippen molar-refractivity contribution in [3.63, 3.8) is 0 Å². The number of hydrogen-bond donors (Lipinski definition) is 1. The van der Waals surface area contributed by atoms with E-state index >= 15 is 0 Å². The van der Waals surface area contributed by atoms with Crippen LogP contribution in [-0.2, 0) is 9.47 Å². The lowest BCUT2D eigenvalue weighted by molar-refractivity contribution is -0.128. The predicted molar refractivity (Wildman–Crippen MR) is 69.4 cm³/mol. The highest BCUT2D eigenvalue weighted by Gasteiger charge is 2.43. The molecule has 1 saturated carbocycles. The van der Waals surface area contributed by atoms with Gasteiger partial charge in [-0.1, -0.05) is 12.8 Å². The molecule has 3 atom stereocenters. The van der Waals surface area contributed by atoms with E-state index in [4.69, 9.17) is 9.47 Å². The van der Waals surface area contributed by atoms with E-state index in [9.17, 15) is 5.11 Å². The van der Waals surface area contributed by atoms with E-state index in [2.05, 4.69) is 0 Å². The SMILES string of the molecule is OC(C1CCCOC1)C1CCOC2(CCCC2)C1. The molecule has 2 heterocycles. The summed E-state index contributed by atoms with van der Waals surface area (Å²) in [6, 6.07) is 0. The molecule has 2 aliphatic heterocycles. The molecule has 0 radical (unpaired) electrons. The quantitative estimate of drug-likeness (QED) is 0.823. The zero-order valence-corrected chi connectivity index (χ0v) is 11.3. The molecule has 0 bridgehead atoms. The maximum Gasteiger partial charge on any atom is 0.0686 e. The van der Waals surface area contributed by atoms with Crippen molar-refractivity contribution in [2.45, 2.75) is 63.1 Å². The Labute approximate surface area is 110 Å². The third kappa shape index (κ3) is 2.59. The normalized spacial score (nSPS) is 37.8. The van der Waals surface area contributed by atoms with Gasteiger partial charge < -0.3 is 14.6 Å². The van der Waals surface area contributed by atoms with Crippen LogP contribution in [0.4, 0.5) is 0 Å². The Morgan fingerprint density at radius 1 is 1.00 bits per heavy atom. The van der Waals surface area contributed by atoms with E-state index in [1.807, 2.05) is 0 Å². The molecule has 1 aliphatic carbocycles. The van der Waals surface area contributed by atoms with Crippen LogP contribution in [0.25, 0.3) is 0 Å². The molecule has 3 nitrogen and oxygen atoms in total. The Morgan fingerprint density at radius 3 is 2.56 bits per heavy atom. The summed E-state index contributed by atoms with van der Waals surface area (Å²) >= 11 is 0. The van der Waals surface area contributed by atoms with Crippen LogP contribution in [0.2, 0.25) is 0 Å². The molecule has 3 rings (SSSR count). The van der Waals surface area contributed by atoms with Crippen molar-refractivity contribution in [2.24, 2.45) is 11.8 Å². The highest BCUT2D eigenvalue weighted by molar-refractivity contribution is 4.94. The predicted octanol–water partition coefficient (Wildman–Crippen LogP) is 2.51. The van der Waals surface area contributed by atoms with E-state index in [1.165, 1.54) is 25.7 Å². The van der Waals surface area contributed by atoms with Gasteiger partial charge in [0.25, 0.3) is 0 Å². The summed E-state index contributed by atoms with van der Waals surface area (Å²) < 4.78 is 11.6.